The molecule has 0 atom stereocenters. The predicted octanol–water partition coefficient (Wildman–Crippen LogP) is 4.58. The Labute approximate surface area is 144 Å². The van der Waals surface area contributed by atoms with Gasteiger partial charge >= 0.3 is 0 Å². The number of aromatic nitrogens is 1. The molecule has 1 heterocycles. The Kier molecular flexibility index (Phi) is 6.36. The molecule has 0 radical (unpaired) electrons. The highest BCUT2D eigenvalue weighted by Gasteiger charge is 2.12. The van der Waals surface area contributed by atoms with E-state index in [0.717, 1.165) is 48.4 Å². The molecule has 1 aromatic carbocycles. The van der Waals surface area contributed by atoms with E-state index in [1.54, 1.807) is 6.20 Å². The SMILES string of the molecule is CCCN(CCC)c1ccnc(C(=O)Nc2cccc(C)c2C)c1. The number of anilines is 2. The van der Waals surface area contributed by atoms with Gasteiger partial charge in [-0.3, -0.25) is 9.78 Å². The highest BCUT2D eigenvalue weighted by atomic mass is 16.1. The molecule has 0 unspecified atom stereocenters. The van der Waals surface area contributed by atoms with Gasteiger partial charge in [-0.2, -0.15) is 0 Å². The van der Waals surface area contributed by atoms with Crippen LogP contribution in [0.2, 0.25) is 0 Å². The molecule has 0 saturated carbocycles. The fourth-order valence-electron chi connectivity index (χ4n) is 2.72. The van der Waals surface area contributed by atoms with Gasteiger partial charge in [0.15, 0.2) is 0 Å². The van der Waals surface area contributed by atoms with E-state index in [9.17, 15) is 4.79 Å². The summed E-state index contributed by atoms with van der Waals surface area (Å²) in [5, 5.41) is 2.98. The molecule has 1 aromatic heterocycles. The second-order valence-corrected chi connectivity index (χ2v) is 6.09. The van der Waals surface area contributed by atoms with Gasteiger partial charge in [0.05, 0.1) is 0 Å². The average molecular weight is 325 g/mol. The normalized spacial score (nSPS) is 10.5. The van der Waals surface area contributed by atoms with Crippen molar-refractivity contribution in [3.63, 3.8) is 0 Å². The third-order valence-electron chi connectivity index (χ3n) is 4.18. The lowest BCUT2D eigenvalue weighted by Crippen LogP contribution is -2.25. The molecule has 0 fully saturated rings. The van der Waals surface area contributed by atoms with Gasteiger partial charge in [0.25, 0.3) is 5.91 Å². The monoisotopic (exact) mass is 325 g/mol. The molecule has 128 valence electrons. The summed E-state index contributed by atoms with van der Waals surface area (Å²) in [6, 6.07) is 9.76. The lowest BCUT2D eigenvalue weighted by Gasteiger charge is -2.24. The average Bonchev–Trinajstić information content (AvgIpc) is 2.59. The van der Waals surface area contributed by atoms with Crippen LogP contribution in [0.15, 0.2) is 36.5 Å². The molecule has 0 aliphatic carbocycles. The first-order chi connectivity index (χ1) is 11.6. The van der Waals surface area contributed by atoms with E-state index in [0.29, 0.717) is 5.69 Å². The summed E-state index contributed by atoms with van der Waals surface area (Å²) in [6.45, 7) is 10.3. The highest BCUT2D eigenvalue weighted by molar-refractivity contribution is 6.03. The lowest BCUT2D eigenvalue weighted by atomic mass is 10.1. The van der Waals surface area contributed by atoms with Crippen molar-refractivity contribution in [3.05, 3.63) is 53.3 Å². The largest absolute Gasteiger partial charge is 0.371 e. The summed E-state index contributed by atoms with van der Waals surface area (Å²) in [5.41, 5.74) is 4.59. The number of nitrogens with zero attached hydrogens (tertiary/aromatic N) is 2. The first-order valence-corrected chi connectivity index (χ1v) is 8.65. The number of benzene rings is 1. The van der Waals surface area contributed by atoms with Gasteiger partial charge in [0.2, 0.25) is 0 Å². The minimum Gasteiger partial charge on any atom is -0.371 e. The quantitative estimate of drug-likeness (QED) is 0.810. The topological polar surface area (TPSA) is 45.2 Å². The summed E-state index contributed by atoms with van der Waals surface area (Å²) in [5.74, 6) is -0.168. The Hall–Kier alpha value is -2.36. The Morgan fingerprint density at radius 1 is 1.12 bits per heavy atom. The zero-order valence-electron chi connectivity index (χ0n) is 15.1. The molecule has 1 N–H and O–H groups in total. The number of hydrogen-bond acceptors (Lipinski definition) is 3. The van der Waals surface area contributed by atoms with Crippen molar-refractivity contribution in [1.29, 1.82) is 0 Å². The number of carbonyl (C=O) groups is 1. The molecular weight excluding hydrogens is 298 g/mol. The third kappa shape index (κ3) is 4.34. The zero-order valence-corrected chi connectivity index (χ0v) is 15.1. The maximum atomic E-state index is 12.6. The first-order valence-electron chi connectivity index (χ1n) is 8.65. The molecule has 4 heteroatoms. The summed E-state index contributed by atoms with van der Waals surface area (Å²) < 4.78 is 0. The van der Waals surface area contributed by atoms with E-state index in [1.807, 2.05) is 44.2 Å². The van der Waals surface area contributed by atoms with Crippen LogP contribution in [0.1, 0.15) is 48.3 Å². The fourth-order valence-corrected chi connectivity index (χ4v) is 2.72. The van der Waals surface area contributed by atoms with Crippen molar-refractivity contribution < 1.29 is 4.79 Å². The van der Waals surface area contributed by atoms with Crippen LogP contribution >= 0.6 is 0 Å². The molecule has 0 saturated heterocycles. The van der Waals surface area contributed by atoms with Crippen molar-refractivity contribution in [3.8, 4) is 0 Å². The number of carbonyl (C=O) groups excluding carboxylic acids is 1. The standard InChI is InChI=1S/C20H27N3O/c1-5-12-23(13-6-2)17-10-11-21-19(14-17)20(24)22-18-9-7-8-15(3)16(18)4/h7-11,14H,5-6,12-13H2,1-4H3,(H,22,24). The van der Waals surface area contributed by atoms with Crippen LogP contribution in [0.5, 0.6) is 0 Å². The molecule has 24 heavy (non-hydrogen) atoms. The van der Waals surface area contributed by atoms with E-state index in [4.69, 9.17) is 0 Å². The first kappa shape index (κ1) is 18.0. The minimum atomic E-state index is -0.168. The van der Waals surface area contributed by atoms with Crippen LogP contribution in [0.25, 0.3) is 0 Å². The van der Waals surface area contributed by atoms with Crippen molar-refractivity contribution in [2.45, 2.75) is 40.5 Å². The number of amides is 1. The third-order valence-corrected chi connectivity index (χ3v) is 4.18. The molecule has 4 nitrogen and oxygen atoms in total. The smallest absolute Gasteiger partial charge is 0.274 e. The summed E-state index contributed by atoms with van der Waals surface area (Å²) in [7, 11) is 0. The number of aryl methyl sites for hydroxylation is 1. The molecule has 0 spiro atoms. The predicted molar refractivity (Wildman–Crippen MR) is 101 cm³/mol. The molecule has 0 bridgehead atoms. The maximum absolute atomic E-state index is 12.6. The van der Waals surface area contributed by atoms with Gasteiger partial charge in [0.1, 0.15) is 5.69 Å². The van der Waals surface area contributed by atoms with Crippen molar-refractivity contribution in [1.82, 2.24) is 4.98 Å². The van der Waals surface area contributed by atoms with Crippen molar-refractivity contribution in [2.24, 2.45) is 0 Å². The lowest BCUT2D eigenvalue weighted by molar-refractivity contribution is 0.102. The number of hydrogen-bond donors (Lipinski definition) is 1. The van der Waals surface area contributed by atoms with Crippen LogP contribution < -0.4 is 10.2 Å². The minimum absolute atomic E-state index is 0.168. The van der Waals surface area contributed by atoms with Crippen molar-refractivity contribution in [2.75, 3.05) is 23.3 Å². The maximum Gasteiger partial charge on any atom is 0.274 e. The van der Waals surface area contributed by atoms with Crippen LogP contribution in [-0.2, 0) is 0 Å². The highest BCUT2D eigenvalue weighted by Crippen LogP contribution is 2.20. The summed E-state index contributed by atoms with van der Waals surface area (Å²) >= 11 is 0. The molecule has 2 aromatic rings. The van der Waals surface area contributed by atoms with E-state index in [2.05, 4.69) is 29.0 Å². The van der Waals surface area contributed by atoms with Gasteiger partial charge in [-0.05, 0) is 56.0 Å². The number of nitrogens with one attached hydrogen (secondary N) is 1. The van der Waals surface area contributed by atoms with Crippen molar-refractivity contribution >= 4 is 17.3 Å². The molecule has 0 aliphatic rings. The molecule has 0 aliphatic heterocycles. The van der Waals surface area contributed by atoms with Gasteiger partial charge < -0.3 is 10.2 Å². The van der Waals surface area contributed by atoms with Crippen LogP contribution in [0.4, 0.5) is 11.4 Å². The van der Waals surface area contributed by atoms with Gasteiger partial charge in [-0.25, -0.2) is 0 Å². The Morgan fingerprint density at radius 3 is 2.50 bits per heavy atom. The molecule has 2 rings (SSSR count). The Balaban J connectivity index is 2.21. The Bertz CT molecular complexity index is 691. The number of rotatable bonds is 7. The Morgan fingerprint density at radius 2 is 1.83 bits per heavy atom. The van der Waals surface area contributed by atoms with Gasteiger partial charge in [-0.1, -0.05) is 26.0 Å². The van der Waals surface area contributed by atoms with Crippen LogP contribution in [0, 0.1) is 13.8 Å². The van der Waals surface area contributed by atoms with Gasteiger partial charge in [0, 0.05) is 30.7 Å². The van der Waals surface area contributed by atoms with E-state index >= 15 is 0 Å². The zero-order chi connectivity index (χ0) is 17.5. The van der Waals surface area contributed by atoms with Crippen LogP contribution in [0.3, 0.4) is 0 Å². The molecular formula is C20H27N3O. The number of pyridine rings is 1. The van der Waals surface area contributed by atoms with Gasteiger partial charge in [-0.15, -0.1) is 0 Å². The summed E-state index contributed by atoms with van der Waals surface area (Å²) in [6.07, 6.45) is 3.87. The second-order valence-electron chi connectivity index (χ2n) is 6.09. The second kappa shape index (κ2) is 8.48. The molecule has 1 amide bonds. The summed E-state index contributed by atoms with van der Waals surface area (Å²) in [4.78, 5) is 19.1. The van der Waals surface area contributed by atoms with Crippen LogP contribution in [-0.4, -0.2) is 24.0 Å². The fraction of sp³-hybridized carbons (Fsp3) is 0.400. The van der Waals surface area contributed by atoms with E-state index in [1.165, 1.54) is 0 Å². The van der Waals surface area contributed by atoms with E-state index in [-0.39, 0.29) is 5.91 Å². The van der Waals surface area contributed by atoms with E-state index < -0.39 is 0 Å².